The maximum Gasteiger partial charge on any atom is 0.136 e. The van der Waals surface area contributed by atoms with Crippen molar-refractivity contribution < 1.29 is 14.2 Å². The van der Waals surface area contributed by atoms with Crippen molar-refractivity contribution >= 4 is 11.8 Å². The highest BCUT2D eigenvalue weighted by Crippen LogP contribution is 2.35. The number of halogens is 1. The predicted molar refractivity (Wildman–Crippen MR) is 77.7 cm³/mol. The number of aliphatic hydroxyl groups is 1. The smallest absolute Gasteiger partial charge is 0.136 e. The molecule has 20 heavy (non-hydrogen) atoms. The lowest BCUT2D eigenvalue weighted by atomic mass is 10.0. The van der Waals surface area contributed by atoms with Crippen molar-refractivity contribution in [1.29, 1.82) is 0 Å². The zero-order chi connectivity index (χ0) is 13.9. The highest BCUT2D eigenvalue weighted by Gasteiger charge is 2.21. The van der Waals surface area contributed by atoms with Crippen molar-refractivity contribution in [2.24, 2.45) is 0 Å². The van der Waals surface area contributed by atoms with E-state index in [2.05, 4.69) is 0 Å². The molecule has 3 rings (SSSR count). The number of hydrogen-bond acceptors (Lipinski definition) is 3. The van der Waals surface area contributed by atoms with Gasteiger partial charge < -0.3 is 9.84 Å². The topological polar surface area (TPSA) is 29.5 Å². The fraction of sp³-hybridized carbons (Fsp3) is 0.250. The van der Waals surface area contributed by atoms with Crippen LogP contribution in [0.15, 0.2) is 47.4 Å². The molecule has 0 radical (unpaired) electrons. The minimum absolute atomic E-state index is 0.251. The maximum absolute atomic E-state index is 13.5. The number of hydrogen-bond donors (Lipinski definition) is 1. The lowest BCUT2D eigenvalue weighted by Crippen LogP contribution is -2.03. The van der Waals surface area contributed by atoms with Crippen LogP contribution in [0, 0.1) is 5.82 Å². The van der Waals surface area contributed by atoms with Crippen molar-refractivity contribution in [2.45, 2.75) is 17.4 Å². The van der Waals surface area contributed by atoms with E-state index in [1.165, 1.54) is 17.8 Å². The van der Waals surface area contributed by atoms with Crippen LogP contribution in [0.5, 0.6) is 5.75 Å². The standard InChI is InChI=1S/C16H15FO2S/c17-13-6-1-2-7-15(13)20-10-14(18)12-5-3-4-11-8-9-19-16(11)12/h1-7,14,18H,8-10H2. The van der Waals surface area contributed by atoms with E-state index in [1.54, 1.807) is 18.2 Å². The Hall–Kier alpha value is -1.52. The molecule has 0 fully saturated rings. The number of thioether (sulfide) groups is 1. The number of rotatable bonds is 4. The van der Waals surface area contributed by atoms with Gasteiger partial charge in [-0.25, -0.2) is 4.39 Å². The molecule has 0 amide bonds. The Balaban J connectivity index is 1.73. The molecule has 1 heterocycles. The highest BCUT2D eigenvalue weighted by atomic mass is 32.2. The zero-order valence-corrected chi connectivity index (χ0v) is 11.7. The lowest BCUT2D eigenvalue weighted by molar-refractivity contribution is 0.198. The number of benzene rings is 2. The fourth-order valence-electron chi connectivity index (χ4n) is 2.32. The van der Waals surface area contributed by atoms with E-state index >= 15 is 0 Å². The first kappa shape index (κ1) is 13.5. The number of aliphatic hydroxyl groups excluding tert-OH is 1. The highest BCUT2D eigenvalue weighted by molar-refractivity contribution is 7.99. The minimum atomic E-state index is -0.660. The summed E-state index contributed by atoms with van der Waals surface area (Å²) in [7, 11) is 0. The molecule has 1 N–H and O–H groups in total. The Labute approximate surface area is 121 Å². The molecule has 0 saturated heterocycles. The van der Waals surface area contributed by atoms with Gasteiger partial charge in [-0.3, -0.25) is 0 Å². The van der Waals surface area contributed by atoms with Crippen LogP contribution in [0.2, 0.25) is 0 Å². The van der Waals surface area contributed by atoms with Crippen LogP contribution in [-0.4, -0.2) is 17.5 Å². The molecule has 104 valence electrons. The third kappa shape index (κ3) is 2.67. The van der Waals surface area contributed by atoms with E-state index in [0.29, 0.717) is 17.3 Å². The van der Waals surface area contributed by atoms with Gasteiger partial charge in [-0.05, 0) is 17.7 Å². The largest absolute Gasteiger partial charge is 0.493 e. The van der Waals surface area contributed by atoms with Gasteiger partial charge in [0.1, 0.15) is 11.6 Å². The van der Waals surface area contributed by atoms with Gasteiger partial charge in [-0.2, -0.15) is 0 Å². The Morgan fingerprint density at radius 3 is 2.90 bits per heavy atom. The van der Waals surface area contributed by atoms with Gasteiger partial charge in [0.05, 0.1) is 12.7 Å². The molecule has 2 aromatic carbocycles. The van der Waals surface area contributed by atoms with Crippen LogP contribution in [0.1, 0.15) is 17.2 Å². The van der Waals surface area contributed by atoms with E-state index in [1.807, 2.05) is 18.2 Å². The van der Waals surface area contributed by atoms with Gasteiger partial charge in [0, 0.05) is 22.6 Å². The van der Waals surface area contributed by atoms with Crippen molar-refractivity contribution in [3.8, 4) is 5.75 Å². The van der Waals surface area contributed by atoms with Gasteiger partial charge in [-0.15, -0.1) is 11.8 Å². The Bertz CT molecular complexity index is 615. The quantitative estimate of drug-likeness (QED) is 0.873. The summed E-state index contributed by atoms with van der Waals surface area (Å²) >= 11 is 1.31. The molecule has 1 atom stereocenters. The summed E-state index contributed by atoms with van der Waals surface area (Å²) in [6.45, 7) is 0.666. The van der Waals surface area contributed by atoms with Gasteiger partial charge in [0.15, 0.2) is 0 Å². The SMILES string of the molecule is OC(CSc1ccccc1F)c1cccc2c1OCC2. The molecular formula is C16H15FO2S. The first-order valence-electron chi connectivity index (χ1n) is 6.55. The maximum atomic E-state index is 13.5. The molecular weight excluding hydrogens is 275 g/mol. The van der Waals surface area contributed by atoms with Crippen LogP contribution < -0.4 is 4.74 Å². The second-order valence-corrected chi connectivity index (χ2v) is 5.75. The summed E-state index contributed by atoms with van der Waals surface area (Å²) in [5.41, 5.74) is 1.93. The van der Waals surface area contributed by atoms with Crippen molar-refractivity contribution in [3.05, 3.63) is 59.4 Å². The predicted octanol–water partition coefficient (Wildman–Crippen LogP) is 3.59. The van der Waals surface area contributed by atoms with E-state index in [4.69, 9.17) is 4.74 Å². The Morgan fingerprint density at radius 2 is 2.05 bits per heavy atom. The molecule has 0 bridgehead atoms. The summed E-state index contributed by atoms with van der Waals surface area (Å²) in [4.78, 5) is 0.556. The summed E-state index contributed by atoms with van der Waals surface area (Å²) < 4.78 is 19.1. The van der Waals surface area contributed by atoms with Gasteiger partial charge in [0.2, 0.25) is 0 Å². The molecule has 1 unspecified atom stereocenters. The van der Waals surface area contributed by atoms with E-state index in [0.717, 1.165) is 23.3 Å². The summed E-state index contributed by atoms with van der Waals surface area (Å²) in [5.74, 6) is 0.953. The molecule has 2 nitrogen and oxygen atoms in total. The van der Waals surface area contributed by atoms with Crippen LogP contribution in [0.25, 0.3) is 0 Å². The molecule has 0 saturated carbocycles. The van der Waals surface area contributed by atoms with Gasteiger partial charge >= 0.3 is 0 Å². The van der Waals surface area contributed by atoms with E-state index in [9.17, 15) is 9.50 Å². The third-order valence-electron chi connectivity index (χ3n) is 3.34. The van der Waals surface area contributed by atoms with E-state index in [-0.39, 0.29) is 5.82 Å². The van der Waals surface area contributed by atoms with Crippen molar-refractivity contribution in [2.75, 3.05) is 12.4 Å². The van der Waals surface area contributed by atoms with Crippen LogP contribution in [0.3, 0.4) is 0 Å². The number of fused-ring (bicyclic) bond motifs is 1. The second kappa shape index (κ2) is 5.85. The average Bonchev–Trinajstić information content (AvgIpc) is 2.94. The molecule has 2 aromatic rings. The minimum Gasteiger partial charge on any atom is -0.493 e. The van der Waals surface area contributed by atoms with Gasteiger partial charge in [0.25, 0.3) is 0 Å². The molecule has 1 aliphatic rings. The summed E-state index contributed by atoms with van der Waals surface area (Å²) in [6, 6.07) is 12.4. The number of ether oxygens (including phenoxy) is 1. The molecule has 4 heteroatoms. The Kier molecular flexibility index (Phi) is 3.94. The summed E-state index contributed by atoms with van der Waals surface area (Å²) in [5, 5.41) is 10.3. The molecule has 1 aliphatic heterocycles. The van der Waals surface area contributed by atoms with Crippen molar-refractivity contribution in [1.82, 2.24) is 0 Å². The lowest BCUT2D eigenvalue weighted by Gasteiger charge is -2.14. The Morgan fingerprint density at radius 1 is 1.20 bits per heavy atom. The fourth-order valence-corrected chi connectivity index (χ4v) is 3.22. The second-order valence-electron chi connectivity index (χ2n) is 4.69. The van der Waals surface area contributed by atoms with Crippen LogP contribution in [0.4, 0.5) is 4.39 Å². The number of para-hydroxylation sites is 1. The van der Waals surface area contributed by atoms with Crippen LogP contribution >= 0.6 is 11.8 Å². The molecule has 0 spiro atoms. The summed E-state index contributed by atoms with van der Waals surface area (Å²) in [6.07, 6.45) is 0.226. The van der Waals surface area contributed by atoms with Gasteiger partial charge in [-0.1, -0.05) is 30.3 Å². The molecule has 0 aromatic heterocycles. The third-order valence-corrected chi connectivity index (χ3v) is 4.46. The van der Waals surface area contributed by atoms with Crippen LogP contribution in [-0.2, 0) is 6.42 Å². The van der Waals surface area contributed by atoms with E-state index < -0.39 is 6.10 Å². The average molecular weight is 290 g/mol. The zero-order valence-electron chi connectivity index (χ0n) is 10.9. The first-order chi connectivity index (χ1) is 9.75. The molecule has 0 aliphatic carbocycles. The normalized spacial score (nSPS) is 14.7. The monoisotopic (exact) mass is 290 g/mol. The first-order valence-corrected chi connectivity index (χ1v) is 7.54. The van der Waals surface area contributed by atoms with Crippen molar-refractivity contribution in [3.63, 3.8) is 0 Å².